The van der Waals surface area contributed by atoms with Crippen LogP contribution >= 0.6 is 11.8 Å². The van der Waals surface area contributed by atoms with Crippen molar-refractivity contribution >= 4 is 17.7 Å². The number of hydrogen-bond acceptors (Lipinski definition) is 5. The molecule has 6 nitrogen and oxygen atoms in total. The van der Waals surface area contributed by atoms with Gasteiger partial charge >= 0.3 is 0 Å². The van der Waals surface area contributed by atoms with Crippen LogP contribution in [0.2, 0.25) is 0 Å². The summed E-state index contributed by atoms with van der Waals surface area (Å²) in [6.07, 6.45) is 5.73. The third-order valence-corrected chi connectivity index (χ3v) is 6.50. The lowest BCUT2D eigenvalue weighted by molar-refractivity contribution is -0.129. The second-order valence-electron chi connectivity index (χ2n) is 7.22. The molecule has 0 unspecified atom stereocenters. The fourth-order valence-electron chi connectivity index (χ4n) is 3.79. The maximum Gasteiger partial charge on any atom is 0.232 e. The van der Waals surface area contributed by atoms with Crippen LogP contribution in [0.5, 0.6) is 0 Å². The van der Waals surface area contributed by atoms with E-state index in [0.717, 1.165) is 56.3 Å². The maximum absolute atomic E-state index is 12.2. The lowest BCUT2D eigenvalue weighted by atomic mass is 9.96. The number of rotatable bonds is 7. The predicted molar refractivity (Wildman–Crippen MR) is 102 cm³/mol. The molecule has 0 bridgehead atoms. The molecule has 0 spiro atoms. The molecular formula is C18H31N5OS. The van der Waals surface area contributed by atoms with Gasteiger partial charge in [0.2, 0.25) is 5.91 Å². The fraction of sp³-hybridized carbons (Fsp3) is 0.833. The zero-order valence-corrected chi connectivity index (χ0v) is 16.4. The fourth-order valence-corrected chi connectivity index (χ4v) is 4.58. The molecule has 3 heterocycles. The molecule has 3 rings (SSSR count). The van der Waals surface area contributed by atoms with Crippen molar-refractivity contribution in [2.24, 2.45) is 7.05 Å². The number of nitrogens with zero attached hydrogens (tertiary/aromatic N) is 5. The van der Waals surface area contributed by atoms with E-state index in [1.807, 2.05) is 4.90 Å². The van der Waals surface area contributed by atoms with Gasteiger partial charge in [0.1, 0.15) is 11.6 Å². The van der Waals surface area contributed by atoms with E-state index in [1.165, 1.54) is 25.9 Å². The third kappa shape index (κ3) is 4.76. The van der Waals surface area contributed by atoms with Crippen molar-refractivity contribution in [1.29, 1.82) is 0 Å². The van der Waals surface area contributed by atoms with Crippen LogP contribution in [-0.4, -0.2) is 68.2 Å². The Morgan fingerprint density at radius 3 is 2.56 bits per heavy atom. The Hall–Kier alpha value is -1.08. The molecule has 0 aromatic carbocycles. The zero-order valence-electron chi connectivity index (χ0n) is 15.6. The Labute approximate surface area is 155 Å². The second-order valence-corrected chi connectivity index (χ2v) is 8.33. The summed E-state index contributed by atoms with van der Waals surface area (Å²) in [5.74, 6) is 4.60. The number of piperidine rings is 1. The first kappa shape index (κ1) is 18.7. The van der Waals surface area contributed by atoms with Crippen molar-refractivity contribution in [2.75, 3.05) is 37.7 Å². The SMILES string of the molecule is CCCSCC(=O)N1CCC(c2nnc(CN3CCCC3)n2C)CC1. The van der Waals surface area contributed by atoms with Crippen LogP contribution in [0.15, 0.2) is 0 Å². The van der Waals surface area contributed by atoms with E-state index in [0.29, 0.717) is 17.6 Å². The standard InChI is InChI=1S/C18H31N5OS/c1-3-12-25-14-17(24)23-10-6-15(7-11-23)18-20-19-16(21(18)2)13-22-8-4-5-9-22/h15H,3-14H2,1-2H3. The Balaban J connectivity index is 1.51. The van der Waals surface area contributed by atoms with Gasteiger partial charge in [-0.3, -0.25) is 9.69 Å². The van der Waals surface area contributed by atoms with Gasteiger partial charge in [-0.15, -0.1) is 10.2 Å². The molecule has 2 saturated heterocycles. The molecule has 1 amide bonds. The van der Waals surface area contributed by atoms with Crippen molar-refractivity contribution in [3.8, 4) is 0 Å². The number of likely N-dealkylation sites (tertiary alicyclic amines) is 2. The highest BCUT2D eigenvalue weighted by molar-refractivity contribution is 7.99. The number of aromatic nitrogens is 3. The molecule has 7 heteroatoms. The maximum atomic E-state index is 12.2. The zero-order chi connectivity index (χ0) is 17.6. The minimum atomic E-state index is 0.296. The van der Waals surface area contributed by atoms with Gasteiger partial charge in [0.25, 0.3) is 0 Å². The molecule has 1 aromatic rings. The normalized spacial score (nSPS) is 19.7. The monoisotopic (exact) mass is 365 g/mol. The summed E-state index contributed by atoms with van der Waals surface area (Å²) in [7, 11) is 2.10. The van der Waals surface area contributed by atoms with Crippen LogP contribution in [0.3, 0.4) is 0 Å². The summed E-state index contributed by atoms with van der Waals surface area (Å²) < 4.78 is 2.19. The summed E-state index contributed by atoms with van der Waals surface area (Å²) in [6, 6.07) is 0. The molecule has 0 radical (unpaired) electrons. The average Bonchev–Trinajstić information content (AvgIpc) is 3.26. The molecule has 2 fully saturated rings. The summed E-state index contributed by atoms with van der Waals surface area (Å²) in [5.41, 5.74) is 0. The van der Waals surface area contributed by atoms with Crippen LogP contribution in [-0.2, 0) is 18.4 Å². The summed E-state index contributed by atoms with van der Waals surface area (Å²) in [4.78, 5) is 16.7. The highest BCUT2D eigenvalue weighted by atomic mass is 32.2. The Morgan fingerprint density at radius 1 is 1.16 bits per heavy atom. The quantitative estimate of drug-likeness (QED) is 0.694. The van der Waals surface area contributed by atoms with E-state index in [-0.39, 0.29) is 0 Å². The van der Waals surface area contributed by atoms with Crippen LogP contribution in [0.25, 0.3) is 0 Å². The molecule has 1 aromatic heterocycles. The largest absolute Gasteiger partial charge is 0.342 e. The van der Waals surface area contributed by atoms with Crippen molar-refractivity contribution in [1.82, 2.24) is 24.6 Å². The highest BCUT2D eigenvalue weighted by Gasteiger charge is 2.27. The molecule has 0 saturated carbocycles. The Morgan fingerprint density at radius 2 is 1.88 bits per heavy atom. The second kappa shape index (κ2) is 9.03. The Bertz CT molecular complexity index is 562. The van der Waals surface area contributed by atoms with Crippen LogP contribution < -0.4 is 0 Å². The van der Waals surface area contributed by atoms with Gasteiger partial charge in [-0.25, -0.2) is 0 Å². The number of thioether (sulfide) groups is 1. The third-order valence-electron chi connectivity index (χ3n) is 5.35. The molecule has 140 valence electrons. The topological polar surface area (TPSA) is 54.3 Å². The molecule has 0 aliphatic carbocycles. The minimum absolute atomic E-state index is 0.296. The van der Waals surface area contributed by atoms with Crippen LogP contribution in [0.4, 0.5) is 0 Å². The van der Waals surface area contributed by atoms with Gasteiger partial charge in [0.05, 0.1) is 12.3 Å². The van der Waals surface area contributed by atoms with Gasteiger partial charge < -0.3 is 9.47 Å². The van der Waals surface area contributed by atoms with Gasteiger partial charge in [0.15, 0.2) is 0 Å². The summed E-state index contributed by atoms with van der Waals surface area (Å²) >= 11 is 1.75. The van der Waals surface area contributed by atoms with Crippen molar-refractivity contribution < 1.29 is 4.79 Å². The molecule has 0 atom stereocenters. The van der Waals surface area contributed by atoms with Gasteiger partial charge in [-0.2, -0.15) is 11.8 Å². The first-order valence-corrected chi connectivity index (χ1v) is 10.8. The van der Waals surface area contributed by atoms with Crippen molar-refractivity contribution in [2.45, 2.75) is 51.5 Å². The number of hydrogen-bond donors (Lipinski definition) is 0. The Kier molecular flexibility index (Phi) is 6.76. The number of carbonyl (C=O) groups is 1. The van der Waals surface area contributed by atoms with Crippen LogP contribution in [0, 0.1) is 0 Å². The summed E-state index contributed by atoms with van der Waals surface area (Å²) in [6.45, 7) is 7.13. The lowest BCUT2D eigenvalue weighted by Crippen LogP contribution is -2.39. The molecule has 2 aliphatic heterocycles. The van der Waals surface area contributed by atoms with Crippen LogP contribution in [0.1, 0.15) is 56.6 Å². The molecular weight excluding hydrogens is 334 g/mol. The number of carbonyl (C=O) groups excluding carboxylic acids is 1. The van der Waals surface area contributed by atoms with E-state index in [4.69, 9.17) is 0 Å². The average molecular weight is 366 g/mol. The van der Waals surface area contributed by atoms with E-state index >= 15 is 0 Å². The highest BCUT2D eigenvalue weighted by Crippen LogP contribution is 2.27. The predicted octanol–water partition coefficient (Wildman–Crippen LogP) is 2.26. The lowest BCUT2D eigenvalue weighted by Gasteiger charge is -2.31. The smallest absolute Gasteiger partial charge is 0.232 e. The van der Waals surface area contributed by atoms with Gasteiger partial charge in [0, 0.05) is 26.1 Å². The minimum Gasteiger partial charge on any atom is -0.342 e. The first-order valence-electron chi connectivity index (χ1n) is 9.65. The molecule has 25 heavy (non-hydrogen) atoms. The first-order chi connectivity index (χ1) is 12.2. The van der Waals surface area contributed by atoms with Crippen molar-refractivity contribution in [3.05, 3.63) is 11.6 Å². The van der Waals surface area contributed by atoms with E-state index in [2.05, 4.69) is 33.6 Å². The van der Waals surface area contributed by atoms with E-state index < -0.39 is 0 Å². The molecule has 2 aliphatic rings. The van der Waals surface area contributed by atoms with Gasteiger partial charge in [-0.05, 0) is 50.9 Å². The van der Waals surface area contributed by atoms with E-state index in [1.54, 1.807) is 11.8 Å². The van der Waals surface area contributed by atoms with Gasteiger partial charge in [-0.1, -0.05) is 6.92 Å². The molecule has 0 N–H and O–H groups in total. The summed E-state index contributed by atoms with van der Waals surface area (Å²) in [5, 5.41) is 8.94. The van der Waals surface area contributed by atoms with E-state index in [9.17, 15) is 4.79 Å². The number of amides is 1. The van der Waals surface area contributed by atoms with Crippen molar-refractivity contribution in [3.63, 3.8) is 0 Å².